The van der Waals surface area contributed by atoms with E-state index in [2.05, 4.69) is 5.32 Å². The minimum Gasteiger partial charge on any atom is -0.326 e. The molecule has 0 atom stereocenters. The van der Waals surface area contributed by atoms with Crippen molar-refractivity contribution in [1.29, 1.82) is 0 Å². The number of amides is 1. The Kier molecular flexibility index (Phi) is 5.56. The lowest BCUT2D eigenvalue weighted by Crippen LogP contribution is -2.37. The Morgan fingerprint density at radius 3 is 2.69 bits per heavy atom. The zero-order valence-electron chi connectivity index (χ0n) is 14.3. The van der Waals surface area contributed by atoms with Gasteiger partial charge in [0.05, 0.1) is 11.4 Å². The van der Waals surface area contributed by atoms with Crippen molar-refractivity contribution < 1.29 is 17.6 Å². The van der Waals surface area contributed by atoms with Gasteiger partial charge in [-0.15, -0.1) is 0 Å². The van der Waals surface area contributed by atoms with Crippen LogP contribution in [0.15, 0.2) is 48.5 Å². The van der Waals surface area contributed by atoms with Gasteiger partial charge in [-0.2, -0.15) is 0 Å². The summed E-state index contributed by atoms with van der Waals surface area (Å²) < 4.78 is 39.0. The number of anilines is 2. The maximum absolute atomic E-state index is 13.2. The quantitative estimate of drug-likeness (QED) is 0.870. The topological polar surface area (TPSA) is 66.5 Å². The first-order valence-corrected chi connectivity index (χ1v) is 10.2. The molecule has 1 fully saturated rings. The molecular formula is C19H21FN2O3S. The van der Waals surface area contributed by atoms with Crippen molar-refractivity contribution in [3.63, 3.8) is 0 Å². The van der Waals surface area contributed by atoms with Gasteiger partial charge in [0.25, 0.3) is 0 Å². The third-order valence-electron chi connectivity index (χ3n) is 4.30. The minimum atomic E-state index is -3.29. The van der Waals surface area contributed by atoms with E-state index < -0.39 is 10.0 Å². The highest BCUT2D eigenvalue weighted by Gasteiger charge is 2.26. The van der Waals surface area contributed by atoms with Crippen molar-refractivity contribution in [2.45, 2.75) is 25.7 Å². The number of carbonyl (C=O) groups is 1. The molecule has 1 aliphatic rings. The number of hydrogen-bond acceptors (Lipinski definition) is 3. The third-order valence-corrected chi connectivity index (χ3v) is 6.17. The van der Waals surface area contributed by atoms with E-state index in [0.29, 0.717) is 30.8 Å². The van der Waals surface area contributed by atoms with Crippen molar-refractivity contribution in [3.8, 4) is 0 Å². The monoisotopic (exact) mass is 376 g/mol. The van der Waals surface area contributed by atoms with Crippen molar-refractivity contribution >= 4 is 27.3 Å². The van der Waals surface area contributed by atoms with Gasteiger partial charge in [0.15, 0.2) is 0 Å². The first-order valence-electron chi connectivity index (χ1n) is 8.59. The minimum absolute atomic E-state index is 0.150. The van der Waals surface area contributed by atoms with Crippen LogP contribution >= 0.6 is 0 Å². The van der Waals surface area contributed by atoms with E-state index in [1.807, 2.05) is 0 Å². The number of rotatable bonds is 5. The molecule has 0 radical (unpaired) electrons. The lowest BCUT2D eigenvalue weighted by Gasteiger charge is -2.28. The maximum Gasteiger partial charge on any atom is 0.235 e. The van der Waals surface area contributed by atoms with Crippen LogP contribution in [0.5, 0.6) is 0 Å². The van der Waals surface area contributed by atoms with Crippen LogP contribution in [0, 0.1) is 5.82 Å². The van der Waals surface area contributed by atoms with Crippen LogP contribution in [0.3, 0.4) is 0 Å². The SMILES string of the molecule is O=C(CCc1cccc(F)c1)Nc1cccc(N2CCCCS2(=O)=O)c1. The van der Waals surface area contributed by atoms with Gasteiger partial charge in [0, 0.05) is 18.7 Å². The van der Waals surface area contributed by atoms with Gasteiger partial charge in [-0.3, -0.25) is 9.10 Å². The Hall–Kier alpha value is -2.41. The van der Waals surface area contributed by atoms with Crippen LogP contribution in [0.4, 0.5) is 15.8 Å². The van der Waals surface area contributed by atoms with Crippen molar-refractivity contribution in [2.24, 2.45) is 0 Å². The number of sulfonamides is 1. The standard InChI is InChI=1S/C19H21FN2O3S/c20-16-6-3-5-15(13-16)9-10-19(23)21-17-7-4-8-18(14-17)22-11-1-2-12-26(22,24)25/h3-8,13-14H,1-2,9-12H2,(H,21,23). The number of halogens is 1. The van der Waals surface area contributed by atoms with Gasteiger partial charge in [0.1, 0.15) is 5.82 Å². The molecular weight excluding hydrogens is 355 g/mol. The van der Waals surface area contributed by atoms with Crippen LogP contribution in [0.1, 0.15) is 24.8 Å². The number of benzene rings is 2. The van der Waals surface area contributed by atoms with E-state index in [0.717, 1.165) is 12.0 Å². The Morgan fingerprint density at radius 2 is 1.92 bits per heavy atom. The molecule has 2 aromatic carbocycles. The van der Waals surface area contributed by atoms with Crippen LogP contribution in [-0.2, 0) is 21.2 Å². The van der Waals surface area contributed by atoms with Gasteiger partial charge in [-0.25, -0.2) is 12.8 Å². The van der Waals surface area contributed by atoms with Gasteiger partial charge in [-0.1, -0.05) is 18.2 Å². The normalized spacial score (nSPS) is 16.3. The summed E-state index contributed by atoms with van der Waals surface area (Å²) in [5.74, 6) is -0.372. The number of nitrogens with one attached hydrogen (secondary N) is 1. The molecule has 0 bridgehead atoms. The van der Waals surface area contributed by atoms with E-state index >= 15 is 0 Å². The lowest BCUT2D eigenvalue weighted by atomic mass is 10.1. The number of hydrogen-bond donors (Lipinski definition) is 1. The summed E-state index contributed by atoms with van der Waals surface area (Å²) in [6.07, 6.45) is 2.15. The Morgan fingerprint density at radius 1 is 1.12 bits per heavy atom. The van der Waals surface area contributed by atoms with Crippen molar-refractivity contribution in [2.75, 3.05) is 21.9 Å². The van der Waals surface area contributed by atoms with Crippen LogP contribution < -0.4 is 9.62 Å². The molecule has 0 aromatic heterocycles. The summed E-state index contributed by atoms with van der Waals surface area (Å²) in [6, 6.07) is 13.0. The van der Waals surface area contributed by atoms with E-state index in [1.54, 1.807) is 36.4 Å². The van der Waals surface area contributed by atoms with Gasteiger partial charge in [0.2, 0.25) is 15.9 Å². The summed E-state index contributed by atoms with van der Waals surface area (Å²) in [5.41, 5.74) is 1.87. The molecule has 1 aliphatic heterocycles. The fraction of sp³-hybridized carbons (Fsp3) is 0.316. The van der Waals surface area contributed by atoms with Crippen molar-refractivity contribution in [1.82, 2.24) is 0 Å². The second-order valence-electron chi connectivity index (χ2n) is 6.32. The molecule has 0 spiro atoms. The van der Waals surface area contributed by atoms with E-state index in [-0.39, 0.29) is 23.9 Å². The smallest absolute Gasteiger partial charge is 0.235 e. The third kappa shape index (κ3) is 4.60. The molecule has 2 aromatic rings. The summed E-state index contributed by atoms with van der Waals surface area (Å²) in [6.45, 7) is 0.458. The first-order chi connectivity index (χ1) is 12.4. The molecule has 7 heteroatoms. The molecule has 5 nitrogen and oxygen atoms in total. The van der Waals surface area contributed by atoms with Crippen LogP contribution in [-0.4, -0.2) is 26.6 Å². The van der Waals surface area contributed by atoms with Crippen molar-refractivity contribution in [3.05, 3.63) is 59.9 Å². The molecule has 1 heterocycles. The molecule has 0 unspecified atom stereocenters. The van der Waals surface area contributed by atoms with E-state index in [4.69, 9.17) is 0 Å². The number of nitrogens with zero attached hydrogens (tertiary/aromatic N) is 1. The van der Waals surface area contributed by atoms with Gasteiger partial charge < -0.3 is 5.32 Å². The summed E-state index contributed by atoms with van der Waals surface area (Å²) in [4.78, 5) is 12.1. The van der Waals surface area contributed by atoms with Crippen LogP contribution in [0.25, 0.3) is 0 Å². The maximum atomic E-state index is 13.2. The zero-order chi connectivity index (χ0) is 18.6. The highest BCUT2D eigenvalue weighted by Crippen LogP contribution is 2.26. The molecule has 26 heavy (non-hydrogen) atoms. The second kappa shape index (κ2) is 7.86. The van der Waals surface area contributed by atoms with E-state index in [1.165, 1.54) is 16.4 Å². The van der Waals surface area contributed by atoms with Gasteiger partial charge in [-0.05, 0) is 55.2 Å². The molecule has 138 valence electrons. The zero-order valence-corrected chi connectivity index (χ0v) is 15.1. The summed E-state index contributed by atoms with van der Waals surface area (Å²) >= 11 is 0. The fourth-order valence-electron chi connectivity index (χ4n) is 2.99. The first kappa shape index (κ1) is 18.4. The molecule has 0 saturated carbocycles. The Labute approximate surface area is 152 Å². The lowest BCUT2D eigenvalue weighted by molar-refractivity contribution is -0.116. The second-order valence-corrected chi connectivity index (χ2v) is 8.34. The molecule has 1 saturated heterocycles. The average Bonchev–Trinajstić information content (AvgIpc) is 2.60. The summed E-state index contributed by atoms with van der Waals surface area (Å²) in [5, 5.41) is 2.78. The number of aryl methyl sites for hydroxylation is 1. The van der Waals surface area contributed by atoms with Crippen LogP contribution in [0.2, 0.25) is 0 Å². The average molecular weight is 376 g/mol. The number of carbonyl (C=O) groups excluding carboxylic acids is 1. The predicted molar refractivity (Wildman–Crippen MR) is 100 cm³/mol. The largest absolute Gasteiger partial charge is 0.326 e. The highest BCUT2D eigenvalue weighted by atomic mass is 32.2. The molecule has 0 aliphatic carbocycles. The fourth-order valence-corrected chi connectivity index (χ4v) is 4.62. The molecule has 1 N–H and O–H groups in total. The van der Waals surface area contributed by atoms with Gasteiger partial charge >= 0.3 is 0 Å². The predicted octanol–water partition coefficient (Wildman–Crippen LogP) is 3.33. The molecule has 3 rings (SSSR count). The molecule has 1 amide bonds. The summed E-state index contributed by atoms with van der Waals surface area (Å²) in [7, 11) is -3.29. The Bertz CT molecular complexity index is 899. The van der Waals surface area contributed by atoms with E-state index in [9.17, 15) is 17.6 Å². The highest BCUT2D eigenvalue weighted by molar-refractivity contribution is 7.92. The Balaban J connectivity index is 1.64.